The van der Waals surface area contributed by atoms with Crippen molar-refractivity contribution < 1.29 is 9.84 Å². The largest absolute Gasteiger partial charge is 0.508 e. The number of pyridine rings is 1. The number of aromatic hydroxyl groups is 1. The van der Waals surface area contributed by atoms with E-state index < -0.39 is 0 Å². The van der Waals surface area contributed by atoms with Crippen molar-refractivity contribution in [3.8, 4) is 17.2 Å². The highest BCUT2D eigenvalue weighted by atomic mass is 79.9. The highest BCUT2D eigenvalue weighted by molar-refractivity contribution is 9.10. The van der Waals surface area contributed by atoms with Crippen LogP contribution >= 0.6 is 15.9 Å². The predicted molar refractivity (Wildman–Crippen MR) is 64.9 cm³/mol. The van der Waals surface area contributed by atoms with E-state index in [9.17, 15) is 5.11 Å². The van der Waals surface area contributed by atoms with Crippen molar-refractivity contribution in [2.75, 3.05) is 0 Å². The Morgan fingerprint density at radius 1 is 1.25 bits per heavy atom. The molecule has 1 N–H and O–H groups in total. The summed E-state index contributed by atoms with van der Waals surface area (Å²) in [4.78, 5) is 3.95. The van der Waals surface area contributed by atoms with Crippen LogP contribution < -0.4 is 4.74 Å². The van der Waals surface area contributed by atoms with Gasteiger partial charge in [-0.15, -0.1) is 0 Å². The molecule has 82 valence electrons. The normalized spacial score (nSPS) is 10.1. The first kappa shape index (κ1) is 11.0. The molecule has 0 aliphatic carbocycles. The summed E-state index contributed by atoms with van der Waals surface area (Å²) in [5.74, 6) is 1.53. The van der Waals surface area contributed by atoms with Gasteiger partial charge in [-0.25, -0.2) is 0 Å². The number of phenolic OH excluding ortho intramolecular Hbond substituents is 1. The summed E-state index contributed by atoms with van der Waals surface area (Å²) in [5.41, 5.74) is 0.714. The Balaban J connectivity index is 2.35. The Morgan fingerprint density at radius 3 is 2.81 bits per heavy atom. The SMILES string of the molecule is Cc1c(O)cccc1Oc1ccncc1Br. The summed E-state index contributed by atoms with van der Waals surface area (Å²) in [7, 11) is 0. The average Bonchev–Trinajstić information content (AvgIpc) is 2.28. The Morgan fingerprint density at radius 2 is 2.06 bits per heavy atom. The molecule has 0 radical (unpaired) electrons. The molecular weight excluding hydrogens is 270 g/mol. The Kier molecular flexibility index (Phi) is 3.10. The number of rotatable bonds is 2. The second-order valence-corrected chi connectivity index (χ2v) is 4.16. The van der Waals surface area contributed by atoms with E-state index in [2.05, 4.69) is 20.9 Å². The van der Waals surface area contributed by atoms with Gasteiger partial charge in [-0.05, 0) is 35.0 Å². The minimum atomic E-state index is 0.225. The number of phenols is 1. The van der Waals surface area contributed by atoms with E-state index in [-0.39, 0.29) is 5.75 Å². The Hall–Kier alpha value is -1.55. The zero-order valence-electron chi connectivity index (χ0n) is 8.64. The van der Waals surface area contributed by atoms with Crippen molar-refractivity contribution >= 4 is 15.9 Å². The third-order valence-corrected chi connectivity index (χ3v) is 2.81. The van der Waals surface area contributed by atoms with E-state index in [0.717, 1.165) is 4.47 Å². The molecule has 0 fully saturated rings. The lowest BCUT2D eigenvalue weighted by molar-refractivity contribution is 0.446. The van der Waals surface area contributed by atoms with E-state index >= 15 is 0 Å². The maximum atomic E-state index is 9.54. The number of halogens is 1. The van der Waals surface area contributed by atoms with Gasteiger partial charge in [0.05, 0.1) is 4.47 Å². The van der Waals surface area contributed by atoms with Crippen molar-refractivity contribution in [2.24, 2.45) is 0 Å². The number of hydrogen-bond donors (Lipinski definition) is 1. The van der Waals surface area contributed by atoms with Gasteiger partial charge in [0.25, 0.3) is 0 Å². The van der Waals surface area contributed by atoms with Crippen molar-refractivity contribution in [2.45, 2.75) is 6.92 Å². The number of nitrogens with zero attached hydrogens (tertiary/aromatic N) is 1. The fourth-order valence-corrected chi connectivity index (χ4v) is 1.61. The number of aromatic nitrogens is 1. The topological polar surface area (TPSA) is 42.4 Å². The van der Waals surface area contributed by atoms with Crippen LogP contribution in [0.2, 0.25) is 0 Å². The van der Waals surface area contributed by atoms with Gasteiger partial charge in [0, 0.05) is 24.0 Å². The van der Waals surface area contributed by atoms with Crippen LogP contribution in [-0.4, -0.2) is 10.1 Å². The van der Waals surface area contributed by atoms with Crippen molar-refractivity contribution in [3.63, 3.8) is 0 Å². The first-order chi connectivity index (χ1) is 7.68. The molecule has 2 aromatic rings. The maximum Gasteiger partial charge on any atom is 0.144 e. The molecule has 0 amide bonds. The predicted octanol–water partition coefficient (Wildman–Crippen LogP) is 3.65. The summed E-state index contributed by atoms with van der Waals surface area (Å²) in [6.07, 6.45) is 3.31. The smallest absolute Gasteiger partial charge is 0.144 e. The lowest BCUT2D eigenvalue weighted by atomic mass is 10.2. The van der Waals surface area contributed by atoms with Gasteiger partial charge in [0.15, 0.2) is 0 Å². The van der Waals surface area contributed by atoms with Gasteiger partial charge in [-0.3, -0.25) is 4.98 Å². The highest BCUT2D eigenvalue weighted by Gasteiger charge is 2.07. The van der Waals surface area contributed by atoms with Gasteiger partial charge >= 0.3 is 0 Å². The number of ether oxygens (including phenoxy) is 1. The van der Waals surface area contributed by atoms with E-state index in [0.29, 0.717) is 17.1 Å². The van der Waals surface area contributed by atoms with Gasteiger partial charge in [-0.1, -0.05) is 6.07 Å². The van der Waals surface area contributed by atoms with Gasteiger partial charge in [-0.2, -0.15) is 0 Å². The molecule has 0 atom stereocenters. The molecule has 1 heterocycles. The number of hydrogen-bond acceptors (Lipinski definition) is 3. The minimum Gasteiger partial charge on any atom is -0.508 e. The summed E-state index contributed by atoms with van der Waals surface area (Å²) in [6, 6.07) is 6.94. The quantitative estimate of drug-likeness (QED) is 0.913. The van der Waals surface area contributed by atoms with Crippen LogP contribution in [0.5, 0.6) is 17.2 Å². The monoisotopic (exact) mass is 279 g/mol. The molecule has 2 rings (SSSR count). The summed E-state index contributed by atoms with van der Waals surface area (Å²) in [6.45, 7) is 1.81. The van der Waals surface area contributed by atoms with Gasteiger partial charge in [0.2, 0.25) is 0 Å². The third-order valence-electron chi connectivity index (χ3n) is 2.21. The standard InChI is InChI=1S/C12H10BrNO2/c1-8-10(15)3-2-4-11(8)16-12-5-6-14-7-9(12)13/h2-7,15H,1H3. The zero-order valence-corrected chi connectivity index (χ0v) is 10.2. The average molecular weight is 280 g/mol. The lowest BCUT2D eigenvalue weighted by Gasteiger charge is -2.10. The van der Waals surface area contributed by atoms with Crippen LogP contribution in [0.4, 0.5) is 0 Å². The third kappa shape index (κ3) is 2.17. The molecule has 0 unspecified atom stereocenters. The zero-order chi connectivity index (χ0) is 11.5. The van der Waals surface area contributed by atoms with Crippen LogP contribution in [0.3, 0.4) is 0 Å². The van der Waals surface area contributed by atoms with Crippen LogP contribution in [0.25, 0.3) is 0 Å². The fourth-order valence-electron chi connectivity index (χ4n) is 1.28. The molecule has 0 aliphatic rings. The second kappa shape index (κ2) is 4.53. The molecule has 0 saturated heterocycles. The molecule has 0 saturated carbocycles. The van der Waals surface area contributed by atoms with E-state index in [1.807, 2.05) is 6.07 Å². The molecule has 1 aromatic heterocycles. The molecule has 0 spiro atoms. The molecular formula is C12H10BrNO2. The Labute approximate surface area is 102 Å². The van der Waals surface area contributed by atoms with E-state index in [4.69, 9.17) is 4.74 Å². The number of benzene rings is 1. The minimum absolute atomic E-state index is 0.225. The highest BCUT2D eigenvalue weighted by Crippen LogP contribution is 2.33. The molecule has 4 heteroatoms. The van der Waals surface area contributed by atoms with Gasteiger partial charge < -0.3 is 9.84 Å². The summed E-state index contributed by atoms with van der Waals surface area (Å²) < 4.78 is 6.45. The summed E-state index contributed by atoms with van der Waals surface area (Å²) in [5, 5.41) is 9.54. The van der Waals surface area contributed by atoms with E-state index in [1.54, 1.807) is 37.5 Å². The molecule has 0 aliphatic heterocycles. The molecule has 0 bridgehead atoms. The van der Waals surface area contributed by atoms with Crippen LogP contribution in [-0.2, 0) is 0 Å². The molecule has 1 aromatic carbocycles. The van der Waals surface area contributed by atoms with Crippen molar-refractivity contribution in [3.05, 3.63) is 46.7 Å². The lowest BCUT2D eigenvalue weighted by Crippen LogP contribution is -1.89. The van der Waals surface area contributed by atoms with Crippen molar-refractivity contribution in [1.82, 2.24) is 4.98 Å². The van der Waals surface area contributed by atoms with Crippen LogP contribution in [0.1, 0.15) is 5.56 Å². The fraction of sp³-hybridized carbons (Fsp3) is 0.0833. The summed E-state index contributed by atoms with van der Waals surface area (Å²) >= 11 is 3.35. The van der Waals surface area contributed by atoms with Crippen LogP contribution in [0, 0.1) is 6.92 Å². The van der Waals surface area contributed by atoms with Crippen LogP contribution in [0.15, 0.2) is 41.1 Å². The second-order valence-electron chi connectivity index (χ2n) is 3.31. The maximum absolute atomic E-state index is 9.54. The first-order valence-corrected chi connectivity index (χ1v) is 5.53. The van der Waals surface area contributed by atoms with Gasteiger partial charge in [0.1, 0.15) is 17.2 Å². The first-order valence-electron chi connectivity index (χ1n) is 4.74. The molecule has 3 nitrogen and oxygen atoms in total. The van der Waals surface area contributed by atoms with E-state index in [1.165, 1.54) is 0 Å². The van der Waals surface area contributed by atoms with Crippen molar-refractivity contribution in [1.29, 1.82) is 0 Å². The molecule has 16 heavy (non-hydrogen) atoms. The Bertz CT molecular complexity index is 514.